The van der Waals surface area contributed by atoms with Crippen LogP contribution in [0.25, 0.3) is 10.9 Å². The summed E-state index contributed by atoms with van der Waals surface area (Å²) in [7, 11) is 0. The number of hydrogen-bond acceptors (Lipinski definition) is 4. The number of halogens is 1. The summed E-state index contributed by atoms with van der Waals surface area (Å²) < 4.78 is 0. The number of benzene rings is 1. The Morgan fingerprint density at radius 3 is 2.62 bits per heavy atom. The highest BCUT2D eigenvalue weighted by Crippen LogP contribution is 2.27. The Morgan fingerprint density at radius 1 is 1.10 bits per heavy atom. The quantitative estimate of drug-likeness (QED) is 0.816. The van der Waals surface area contributed by atoms with Crippen LogP contribution in [0, 0.1) is 5.92 Å². The average Bonchev–Trinajstić information content (AvgIpc) is 3.29. The van der Waals surface area contributed by atoms with Gasteiger partial charge in [-0.2, -0.15) is 0 Å². The van der Waals surface area contributed by atoms with Gasteiger partial charge in [-0.15, -0.1) is 0 Å². The number of rotatable bonds is 5. The van der Waals surface area contributed by atoms with Crippen molar-refractivity contribution in [2.75, 3.05) is 39.3 Å². The maximum Gasteiger partial charge on any atom is 0.253 e. The molecular weight excluding hydrogens is 388 g/mol. The molecule has 29 heavy (non-hydrogen) atoms. The molecule has 1 aliphatic heterocycles. The van der Waals surface area contributed by atoms with Crippen LogP contribution in [0.1, 0.15) is 36.0 Å². The lowest BCUT2D eigenvalue weighted by Gasteiger charge is -2.36. The zero-order chi connectivity index (χ0) is 20.2. The van der Waals surface area contributed by atoms with Crippen molar-refractivity contribution in [1.29, 1.82) is 0 Å². The molecule has 7 heteroatoms. The molecule has 1 aromatic heterocycles. The topological polar surface area (TPSA) is 65.5 Å². The number of piperazine rings is 1. The molecular formula is C22H27ClN4O2. The minimum Gasteiger partial charge on any atom is -0.351 e. The van der Waals surface area contributed by atoms with Crippen molar-refractivity contribution in [2.24, 2.45) is 5.92 Å². The van der Waals surface area contributed by atoms with Gasteiger partial charge in [0.25, 0.3) is 5.91 Å². The van der Waals surface area contributed by atoms with Gasteiger partial charge in [-0.25, -0.2) is 0 Å². The van der Waals surface area contributed by atoms with E-state index in [1.54, 1.807) is 18.3 Å². The van der Waals surface area contributed by atoms with Crippen LogP contribution in [0.5, 0.6) is 0 Å². The van der Waals surface area contributed by atoms with Gasteiger partial charge in [0.1, 0.15) is 0 Å². The second-order valence-electron chi connectivity index (χ2n) is 7.90. The van der Waals surface area contributed by atoms with E-state index in [1.807, 2.05) is 17.0 Å². The minimum atomic E-state index is -0.139. The number of carbonyl (C=O) groups is 2. The van der Waals surface area contributed by atoms with Gasteiger partial charge in [-0.3, -0.25) is 19.5 Å². The Labute approximate surface area is 176 Å². The largest absolute Gasteiger partial charge is 0.351 e. The van der Waals surface area contributed by atoms with E-state index in [0.717, 1.165) is 51.0 Å². The number of carbonyl (C=O) groups excluding carboxylic acids is 2. The lowest BCUT2D eigenvalue weighted by molar-refractivity contribution is -0.137. The predicted octanol–water partition coefficient (Wildman–Crippen LogP) is 2.95. The van der Waals surface area contributed by atoms with Crippen LogP contribution in [-0.4, -0.2) is 65.9 Å². The summed E-state index contributed by atoms with van der Waals surface area (Å²) in [6.07, 6.45) is 6.16. The molecule has 2 amide bonds. The molecule has 2 fully saturated rings. The number of nitrogens with zero attached hydrogens (tertiary/aromatic N) is 3. The molecule has 0 atom stereocenters. The van der Waals surface area contributed by atoms with E-state index in [2.05, 4.69) is 15.2 Å². The molecule has 1 saturated carbocycles. The molecule has 1 aliphatic carbocycles. The van der Waals surface area contributed by atoms with Crippen LogP contribution in [-0.2, 0) is 4.79 Å². The van der Waals surface area contributed by atoms with Gasteiger partial charge >= 0.3 is 0 Å². The van der Waals surface area contributed by atoms with E-state index < -0.39 is 0 Å². The molecule has 154 valence electrons. The maximum absolute atomic E-state index is 12.6. The van der Waals surface area contributed by atoms with Gasteiger partial charge < -0.3 is 10.2 Å². The number of fused-ring (bicyclic) bond motifs is 1. The smallest absolute Gasteiger partial charge is 0.253 e. The molecule has 0 radical (unpaired) electrons. The molecule has 0 unspecified atom stereocenters. The van der Waals surface area contributed by atoms with Crippen molar-refractivity contribution in [2.45, 2.75) is 25.7 Å². The minimum absolute atomic E-state index is 0.139. The van der Waals surface area contributed by atoms with Crippen molar-refractivity contribution in [3.05, 3.63) is 41.0 Å². The third-order valence-electron chi connectivity index (χ3n) is 6.06. The highest BCUT2D eigenvalue weighted by atomic mass is 35.5. The van der Waals surface area contributed by atoms with E-state index in [4.69, 9.17) is 11.6 Å². The normalized spacial score (nSPS) is 18.3. The van der Waals surface area contributed by atoms with Crippen molar-refractivity contribution >= 4 is 34.3 Å². The fraction of sp³-hybridized carbons (Fsp3) is 0.500. The van der Waals surface area contributed by atoms with Gasteiger partial charge in [0.05, 0.1) is 16.1 Å². The van der Waals surface area contributed by atoms with Crippen LogP contribution < -0.4 is 5.32 Å². The third kappa shape index (κ3) is 4.54. The van der Waals surface area contributed by atoms with Crippen molar-refractivity contribution in [3.63, 3.8) is 0 Å². The summed E-state index contributed by atoms with van der Waals surface area (Å²) >= 11 is 6.21. The first-order valence-corrected chi connectivity index (χ1v) is 10.8. The molecule has 2 heterocycles. The fourth-order valence-electron chi connectivity index (χ4n) is 4.37. The van der Waals surface area contributed by atoms with Crippen molar-refractivity contribution in [1.82, 2.24) is 20.1 Å². The third-order valence-corrected chi connectivity index (χ3v) is 6.39. The summed E-state index contributed by atoms with van der Waals surface area (Å²) in [5.74, 6) is 0.460. The predicted molar refractivity (Wildman–Crippen MR) is 114 cm³/mol. The number of nitrogens with one attached hydrogen (secondary N) is 1. The first-order valence-electron chi connectivity index (χ1n) is 10.5. The van der Waals surface area contributed by atoms with E-state index >= 15 is 0 Å². The molecule has 4 rings (SSSR count). The standard InChI is InChI=1S/C22H27ClN4O2/c23-19-8-7-18(20-17(19)6-3-9-24-20)21(28)25-10-11-26-12-14-27(15-13-26)22(29)16-4-1-2-5-16/h3,6-9,16H,1-2,4-5,10-15H2,(H,25,28). The van der Waals surface area contributed by atoms with Crippen LogP contribution in [0.4, 0.5) is 0 Å². The average molecular weight is 415 g/mol. The summed E-state index contributed by atoms with van der Waals surface area (Å²) in [6, 6.07) is 7.14. The number of hydrogen-bond donors (Lipinski definition) is 1. The Hall–Kier alpha value is -2.18. The number of amides is 2. The monoisotopic (exact) mass is 414 g/mol. The van der Waals surface area contributed by atoms with Gasteiger partial charge in [0.15, 0.2) is 0 Å². The first-order chi connectivity index (χ1) is 14.1. The van der Waals surface area contributed by atoms with Crippen LogP contribution in [0.3, 0.4) is 0 Å². The number of pyridine rings is 1. The maximum atomic E-state index is 12.6. The molecule has 0 bridgehead atoms. The summed E-state index contributed by atoms with van der Waals surface area (Å²) in [5, 5.41) is 4.37. The zero-order valence-electron chi connectivity index (χ0n) is 16.6. The highest BCUT2D eigenvalue weighted by molar-refractivity contribution is 6.36. The van der Waals surface area contributed by atoms with Crippen molar-refractivity contribution in [3.8, 4) is 0 Å². The molecule has 1 saturated heterocycles. The van der Waals surface area contributed by atoms with Gasteiger partial charge in [-0.1, -0.05) is 24.4 Å². The summed E-state index contributed by atoms with van der Waals surface area (Å²) in [5.41, 5.74) is 1.16. The van der Waals surface area contributed by atoms with E-state index in [0.29, 0.717) is 28.6 Å². The second-order valence-corrected chi connectivity index (χ2v) is 8.31. The Morgan fingerprint density at radius 2 is 1.86 bits per heavy atom. The molecule has 1 N–H and O–H groups in total. The Balaban J connectivity index is 1.25. The van der Waals surface area contributed by atoms with E-state index in [1.165, 1.54) is 12.8 Å². The lowest BCUT2D eigenvalue weighted by Crippen LogP contribution is -2.51. The van der Waals surface area contributed by atoms with Crippen LogP contribution >= 0.6 is 11.6 Å². The summed E-state index contributed by atoms with van der Waals surface area (Å²) in [6.45, 7) is 4.63. The number of aromatic nitrogens is 1. The Bertz CT molecular complexity index is 890. The SMILES string of the molecule is O=C(NCCN1CCN(C(=O)C2CCCC2)CC1)c1ccc(Cl)c2cccnc12. The van der Waals surface area contributed by atoms with Gasteiger partial charge in [0.2, 0.25) is 5.91 Å². The second kappa shape index (κ2) is 9.09. The molecule has 1 aromatic carbocycles. The van der Waals surface area contributed by atoms with Crippen molar-refractivity contribution < 1.29 is 9.59 Å². The molecule has 6 nitrogen and oxygen atoms in total. The summed E-state index contributed by atoms with van der Waals surface area (Å²) in [4.78, 5) is 33.8. The van der Waals surface area contributed by atoms with Gasteiger partial charge in [0, 0.05) is 56.8 Å². The zero-order valence-corrected chi connectivity index (χ0v) is 17.3. The van der Waals surface area contributed by atoms with E-state index in [-0.39, 0.29) is 11.8 Å². The van der Waals surface area contributed by atoms with Crippen LogP contribution in [0.15, 0.2) is 30.5 Å². The first kappa shape index (κ1) is 20.1. The lowest BCUT2D eigenvalue weighted by atomic mass is 10.1. The Kier molecular flexibility index (Phi) is 6.31. The van der Waals surface area contributed by atoms with Crippen LogP contribution in [0.2, 0.25) is 5.02 Å². The van der Waals surface area contributed by atoms with Gasteiger partial charge in [-0.05, 0) is 37.1 Å². The molecule has 2 aliphatic rings. The van der Waals surface area contributed by atoms with E-state index in [9.17, 15) is 9.59 Å². The molecule has 2 aromatic rings. The molecule has 0 spiro atoms. The highest BCUT2D eigenvalue weighted by Gasteiger charge is 2.29. The fourth-order valence-corrected chi connectivity index (χ4v) is 4.58.